The summed E-state index contributed by atoms with van der Waals surface area (Å²) in [6.45, 7) is 0. The van der Waals surface area contributed by atoms with E-state index in [4.69, 9.17) is 37.9 Å². The summed E-state index contributed by atoms with van der Waals surface area (Å²) in [5.41, 5.74) is -4.32. The molecule has 26 heteroatoms. The fraction of sp³-hybridized carbons (Fsp3) is 0.182. The number of phenols is 8. The number of hydrogen-bond acceptors (Lipinski definition) is 25. The molecule has 6 aromatic carbocycles. The van der Waals surface area contributed by atoms with Crippen molar-refractivity contribution in [2.24, 2.45) is 0 Å². The number of benzene rings is 6. The topological polar surface area (TPSA) is 422 Å². The third-order valence-electron chi connectivity index (χ3n) is 13.8. The summed E-state index contributed by atoms with van der Waals surface area (Å²) >= 11 is 0. The standard InChI is InChI=1S/C55H40O26/c56-27-17-33(62)45-40(19-27)80-54(25-5-7-29(58)31(60)15-25)52(72,48(45)67)76-36-9-1-23(13-38(36)78-54)3-11-43(65)74-42-22-51(71,50(69)70)21-35(64)47(42)75-44(66)12-4-24-2-10-37-39(14-24)79-55(26-6-8-30(59)32(61)16-26)53(73,77-37)49(68)46-34(63)18-28(57)20-41(46)81-55/h1-20,35,42,47,56-64,71-73H,21-22H2,(H,69,70)/t35-,42-,47-,51+,52?,53?,54?,55?/m1/s1. The van der Waals surface area contributed by atoms with Crippen molar-refractivity contribution in [3.05, 3.63) is 143 Å². The molecule has 5 aliphatic rings. The van der Waals surface area contributed by atoms with Crippen molar-refractivity contribution in [3.8, 4) is 80.5 Å². The van der Waals surface area contributed by atoms with Crippen LogP contribution >= 0.6 is 0 Å². The number of rotatable bonds is 9. The molecular weight excluding hydrogens is 1080 g/mol. The smallest absolute Gasteiger partial charge is 0.357 e. The Morgan fingerprint density at radius 1 is 0.481 bits per heavy atom. The molecule has 4 heterocycles. The van der Waals surface area contributed by atoms with Gasteiger partial charge in [0.25, 0.3) is 11.6 Å². The third-order valence-corrected chi connectivity index (χ3v) is 13.8. The van der Waals surface area contributed by atoms with E-state index in [-0.39, 0.29) is 45.3 Å². The van der Waals surface area contributed by atoms with Gasteiger partial charge < -0.3 is 104 Å². The van der Waals surface area contributed by atoms with Gasteiger partial charge in [-0.05, 0) is 83.9 Å². The van der Waals surface area contributed by atoms with Crippen LogP contribution in [0.3, 0.4) is 0 Å². The van der Waals surface area contributed by atoms with Gasteiger partial charge in [0, 0.05) is 60.4 Å². The molecule has 1 fully saturated rings. The molecule has 11 rings (SSSR count). The minimum absolute atomic E-state index is 0.107. The number of Topliss-reactive ketones (excluding diaryl/α,β-unsaturated/α-hetero) is 2. The summed E-state index contributed by atoms with van der Waals surface area (Å²) in [7, 11) is 0. The maximum Gasteiger partial charge on any atom is 0.357 e. The summed E-state index contributed by atoms with van der Waals surface area (Å²) in [6, 6.07) is 16.9. The van der Waals surface area contributed by atoms with E-state index in [9.17, 15) is 90.4 Å². The number of fused-ring (bicyclic) bond motifs is 6. The van der Waals surface area contributed by atoms with Crippen LogP contribution in [0.2, 0.25) is 0 Å². The zero-order valence-corrected chi connectivity index (χ0v) is 40.8. The van der Waals surface area contributed by atoms with Crippen LogP contribution in [0, 0.1) is 0 Å². The van der Waals surface area contributed by atoms with E-state index >= 15 is 0 Å². The third kappa shape index (κ3) is 8.31. The predicted molar refractivity (Wildman–Crippen MR) is 263 cm³/mol. The molecule has 6 aromatic rings. The number of aliphatic carboxylic acids is 1. The molecule has 0 saturated heterocycles. The van der Waals surface area contributed by atoms with Crippen LogP contribution in [0.25, 0.3) is 12.2 Å². The maximum atomic E-state index is 14.0. The number of carboxylic acid groups (broad SMARTS) is 1. The van der Waals surface area contributed by atoms with E-state index < -0.39 is 158 Å². The molecule has 0 bridgehead atoms. The fourth-order valence-corrected chi connectivity index (χ4v) is 9.95. The second-order valence-corrected chi connectivity index (χ2v) is 19.1. The second kappa shape index (κ2) is 18.3. The zero-order valence-electron chi connectivity index (χ0n) is 40.8. The average Bonchev–Trinajstić information content (AvgIpc) is 1.13. The molecule has 8 atom stereocenters. The number of ether oxygens (including phenoxy) is 8. The van der Waals surface area contributed by atoms with Crippen LogP contribution in [-0.2, 0) is 35.4 Å². The quantitative estimate of drug-likeness (QED) is 0.0562. The van der Waals surface area contributed by atoms with Crippen molar-refractivity contribution >= 4 is 41.6 Å². The number of aliphatic hydroxyl groups is 4. The molecule has 1 saturated carbocycles. The Morgan fingerprint density at radius 3 is 1.35 bits per heavy atom. The first-order valence-electron chi connectivity index (χ1n) is 23.8. The molecule has 4 unspecified atom stereocenters. The number of esters is 2. The highest BCUT2D eigenvalue weighted by Crippen LogP contribution is 2.58. The largest absolute Gasteiger partial charge is 0.508 e. The lowest BCUT2D eigenvalue weighted by atomic mass is 9.79. The average molecular weight is 1120 g/mol. The van der Waals surface area contributed by atoms with E-state index in [1.165, 1.54) is 36.4 Å². The van der Waals surface area contributed by atoms with E-state index in [0.29, 0.717) is 0 Å². The second-order valence-electron chi connectivity index (χ2n) is 19.1. The molecular formula is C55H40O26. The Kier molecular flexibility index (Phi) is 11.9. The summed E-state index contributed by atoms with van der Waals surface area (Å²) in [4.78, 5) is 67.2. The molecule has 26 nitrogen and oxygen atoms in total. The molecule has 13 N–H and O–H groups in total. The summed E-state index contributed by atoms with van der Waals surface area (Å²) in [5, 5.41) is 139. The summed E-state index contributed by atoms with van der Waals surface area (Å²) < 4.78 is 47.0. The Balaban J connectivity index is 0.832. The van der Waals surface area contributed by atoms with E-state index in [2.05, 4.69) is 0 Å². The van der Waals surface area contributed by atoms with Crippen molar-refractivity contribution in [1.82, 2.24) is 0 Å². The van der Waals surface area contributed by atoms with Crippen LogP contribution in [0.15, 0.2) is 109 Å². The fourth-order valence-electron chi connectivity index (χ4n) is 9.95. The Hall–Kier alpha value is -10.4. The lowest BCUT2D eigenvalue weighted by molar-refractivity contribution is -0.316. The van der Waals surface area contributed by atoms with Crippen molar-refractivity contribution < 1.29 is 128 Å². The highest BCUT2D eigenvalue weighted by atomic mass is 16.8. The molecule has 416 valence electrons. The van der Waals surface area contributed by atoms with Crippen LogP contribution in [0.4, 0.5) is 0 Å². The summed E-state index contributed by atoms with van der Waals surface area (Å²) in [6.07, 6.45) is -3.46. The predicted octanol–water partition coefficient (Wildman–Crippen LogP) is 3.03. The zero-order chi connectivity index (χ0) is 57.9. The van der Waals surface area contributed by atoms with Crippen molar-refractivity contribution in [3.63, 3.8) is 0 Å². The number of carbonyl (C=O) groups excluding carboxylic acids is 4. The molecule has 81 heavy (non-hydrogen) atoms. The number of aliphatic hydroxyl groups excluding tert-OH is 1. The summed E-state index contributed by atoms with van der Waals surface area (Å²) in [5.74, 6) is -26.3. The van der Waals surface area contributed by atoms with E-state index in [0.717, 1.165) is 85.0 Å². The first kappa shape index (κ1) is 52.6. The van der Waals surface area contributed by atoms with Gasteiger partial charge in [0.05, 0.1) is 6.10 Å². The molecule has 4 aliphatic heterocycles. The Bertz CT molecular complexity index is 3800. The molecule has 0 spiro atoms. The highest BCUT2D eigenvalue weighted by molar-refractivity contribution is 6.09. The maximum absolute atomic E-state index is 14.0. The van der Waals surface area contributed by atoms with Gasteiger partial charge in [-0.2, -0.15) is 0 Å². The lowest BCUT2D eigenvalue weighted by Crippen LogP contribution is -2.70. The van der Waals surface area contributed by atoms with Gasteiger partial charge in [-0.1, -0.05) is 12.1 Å². The van der Waals surface area contributed by atoms with Crippen LogP contribution in [0.5, 0.6) is 80.5 Å². The minimum Gasteiger partial charge on any atom is -0.508 e. The highest BCUT2D eigenvalue weighted by Gasteiger charge is 2.72. The number of phenolic OH excluding ortho intramolecular Hbond substituents is 8. The Labute approximate surface area is 451 Å². The number of carboxylic acids is 1. The number of ketones is 2. The number of carbonyl (C=O) groups is 5. The van der Waals surface area contributed by atoms with Crippen LogP contribution < -0.4 is 28.4 Å². The van der Waals surface area contributed by atoms with Gasteiger partial charge in [-0.25, -0.2) is 14.4 Å². The van der Waals surface area contributed by atoms with E-state index in [1.54, 1.807) is 0 Å². The molecule has 0 radical (unpaired) electrons. The molecule has 0 amide bonds. The SMILES string of the molecule is O=C(C=Cc1ccc2c(c1)OC1(c3ccc(O)c(O)c3)Oc3cc(O)cc(O)c3C(=O)C1(O)O2)O[C@@H]1[C@H](O)C[C@@](O)(C(=O)O)C[C@H]1OC(=O)C=Cc1ccc2c(c1)OC1(c3ccc(O)c(O)c3)Oc3cc(O)cc(O)c3C(=O)C1(O)O2. The van der Waals surface area contributed by atoms with E-state index in [1.807, 2.05) is 0 Å². The first-order valence-corrected chi connectivity index (χ1v) is 23.8. The van der Waals surface area contributed by atoms with Gasteiger partial charge in [0.1, 0.15) is 51.7 Å². The van der Waals surface area contributed by atoms with Crippen LogP contribution in [0.1, 0.15) is 55.8 Å². The number of hydrogen-bond donors (Lipinski definition) is 13. The van der Waals surface area contributed by atoms with Crippen molar-refractivity contribution in [1.29, 1.82) is 0 Å². The number of aromatic hydroxyl groups is 8. The van der Waals surface area contributed by atoms with Gasteiger partial charge in [-0.15, -0.1) is 0 Å². The van der Waals surface area contributed by atoms with Crippen LogP contribution in [-0.4, -0.2) is 131 Å². The minimum atomic E-state index is -3.17. The molecule has 0 aromatic heterocycles. The van der Waals surface area contributed by atoms with Gasteiger partial charge in [0.2, 0.25) is 0 Å². The monoisotopic (exact) mass is 1120 g/mol. The Morgan fingerprint density at radius 2 is 0.914 bits per heavy atom. The van der Waals surface area contributed by atoms with Crippen molar-refractivity contribution in [2.45, 2.75) is 59.9 Å². The van der Waals surface area contributed by atoms with Gasteiger partial charge in [-0.3, -0.25) is 9.59 Å². The van der Waals surface area contributed by atoms with Gasteiger partial charge in [0.15, 0.2) is 57.7 Å². The lowest BCUT2D eigenvalue weighted by Gasteiger charge is -2.50. The van der Waals surface area contributed by atoms with Crippen molar-refractivity contribution in [2.75, 3.05) is 0 Å². The van der Waals surface area contributed by atoms with Gasteiger partial charge >= 0.3 is 41.1 Å². The first-order chi connectivity index (χ1) is 38.3. The normalized spacial score (nSPS) is 26.7. The molecule has 1 aliphatic carbocycles.